The molecule has 1 aliphatic heterocycles. The first-order valence-corrected chi connectivity index (χ1v) is 20.1. The van der Waals surface area contributed by atoms with Gasteiger partial charge in [-0.15, -0.1) is 11.6 Å². The van der Waals surface area contributed by atoms with E-state index < -0.39 is 65.9 Å². The lowest BCUT2D eigenvalue weighted by atomic mass is 9.98. The lowest BCUT2D eigenvalue weighted by Gasteiger charge is -2.36. The van der Waals surface area contributed by atoms with E-state index in [2.05, 4.69) is 16.0 Å². The highest BCUT2D eigenvalue weighted by atomic mass is 35.5. The van der Waals surface area contributed by atoms with Gasteiger partial charge in [0.15, 0.2) is 0 Å². The number of hydrogen-bond acceptors (Lipinski definition) is 9. The van der Waals surface area contributed by atoms with Gasteiger partial charge in [-0.2, -0.15) is 0 Å². The lowest BCUT2D eigenvalue weighted by Crippen LogP contribution is -2.59. The molecule has 14 nitrogen and oxygen atoms in total. The molecule has 2 aromatic carbocycles. The zero-order valence-electron chi connectivity index (χ0n) is 33.0. The van der Waals surface area contributed by atoms with Crippen molar-refractivity contribution in [1.29, 1.82) is 0 Å². The second-order valence-corrected chi connectivity index (χ2v) is 15.4. The number of amides is 4. The maximum absolute atomic E-state index is 14.4. The summed E-state index contributed by atoms with van der Waals surface area (Å²) < 4.78 is 0. The number of carbonyl (C=O) groups excluding carboxylic acids is 4. The van der Waals surface area contributed by atoms with Gasteiger partial charge in [0.1, 0.15) is 41.8 Å². The number of aliphatic hydroxyl groups excluding tert-OH is 1. The maximum Gasteiger partial charge on any atom is 0.326 e. The number of benzene rings is 2. The summed E-state index contributed by atoms with van der Waals surface area (Å²) in [5.74, 6) is -3.10. The SMILES string of the molecule is CNC(CCCCCCCCl)C(O)C(=O)NC(Cc1ccc(O)cc1)C(=O)N(C)C(CC(C)C)C(=O)N1CCCC1C(=O)NC(Cc1ccc(O)cc1)C(=O)O. The van der Waals surface area contributed by atoms with Crippen LogP contribution in [0.4, 0.5) is 0 Å². The summed E-state index contributed by atoms with van der Waals surface area (Å²) in [5.41, 5.74) is 1.21. The Morgan fingerprint density at radius 2 is 1.41 bits per heavy atom. The molecule has 56 heavy (non-hydrogen) atoms. The van der Waals surface area contributed by atoms with Crippen LogP contribution in [0.2, 0.25) is 0 Å². The van der Waals surface area contributed by atoms with E-state index in [0.29, 0.717) is 36.3 Å². The van der Waals surface area contributed by atoms with Crippen molar-refractivity contribution in [2.24, 2.45) is 5.92 Å². The predicted octanol–water partition coefficient (Wildman–Crippen LogP) is 3.33. The summed E-state index contributed by atoms with van der Waals surface area (Å²) in [4.78, 5) is 70.8. The summed E-state index contributed by atoms with van der Waals surface area (Å²) in [5, 5.41) is 48.8. The van der Waals surface area contributed by atoms with E-state index in [0.717, 1.165) is 32.1 Å². The smallest absolute Gasteiger partial charge is 0.326 e. The maximum atomic E-state index is 14.4. The summed E-state index contributed by atoms with van der Waals surface area (Å²) in [6, 6.07) is 7.10. The number of aliphatic carboxylic acids is 1. The van der Waals surface area contributed by atoms with Crippen LogP contribution < -0.4 is 16.0 Å². The predicted molar refractivity (Wildman–Crippen MR) is 213 cm³/mol. The molecule has 1 aliphatic rings. The van der Waals surface area contributed by atoms with Gasteiger partial charge in [-0.1, -0.05) is 63.8 Å². The second-order valence-electron chi connectivity index (χ2n) is 15.1. The fourth-order valence-corrected chi connectivity index (χ4v) is 7.25. The number of carbonyl (C=O) groups is 5. The molecule has 0 bridgehead atoms. The van der Waals surface area contributed by atoms with E-state index in [4.69, 9.17) is 11.6 Å². The fourth-order valence-electron chi connectivity index (χ4n) is 7.06. The molecule has 7 N–H and O–H groups in total. The number of nitrogens with one attached hydrogen (secondary N) is 3. The minimum Gasteiger partial charge on any atom is -0.508 e. The van der Waals surface area contributed by atoms with Crippen molar-refractivity contribution in [2.45, 2.75) is 121 Å². The van der Waals surface area contributed by atoms with Crippen LogP contribution in [0.3, 0.4) is 0 Å². The molecule has 6 unspecified atom stereocenters. The molecule has 0 aromatic heterocycles. The summed E-state index contributed by atoms with van der Waals surface area (Å²) in [6.45, 7) is 4.02. The number of hydrogen-bond donors (Lipinski definition) is 7. The van der Waals surface area contributed by atoms with E-state index in [1.807, 2.05) is 13.8 Å². The Hall–Kier alpha value is -4.40. The fraction of sp³-hybridized carbons (Fsp3) is 0.585. The second kappa shape index (κ2) is 23.0. The zero-order valence-corrected chi connectivity index (χ0v) is 33.7. The number of likely N-dealkylation sites (N-methyl/N-ethyl adjacent to an activating group) is 2. The molecule has 0 spiro atoms. The van der Waals surface area contributed by atoms with E-state index in [9.17, 15) is 44.4 Å². The first kappa shape index (κ1) is 46.0. The van der Waals surface area contributed by atoms with E-state index in [1.165, 1.54) is 41.1 Å². The third kappa shape index (κ3) is 14.0. The molecular formula is C41H60ClN5O9. The van der Waals surface area contributed by atoms with Gasteiger partial charge in [0.25, 0.3) is 5.91 Å². The molecule has 0 saturated carbocycles. The minimum atomic E-state index is -1.47. The average molecular weight is 802 g/mol. The molecule has 3 rings (SSSR count). The Balaban J connectivity index is 1.81. The number of phenols is 2. The average Bonchev–Trinajstić information content (AvgIpc) is 3.67. The monoisotopic (exact) mass is 801 g/mol. The van der Waals surface area contributed by atoms with Gasteiger partial charge in [-0.3, -0.25) is 19.2 Å². The molecular weight excluding hydrogens is 742 g/mol. The van der Waals surface area contributed by atoms with Gasteiger partial charge in [-0.05, 0) is 80.5 Å². The Morgan fingerprint density at radius 3 is 1.95 bits per heavy atom. The number of aromatic hydroxyl groups is 2. The molecule has 1 fully saturated rings. The van der Waals surface area contributed by atoms with Crippen LogP contribution in [-0.2, 0) is 36.8 Å². The molecule has 1 heterocycles. The van der Waals surface area contributed by atoms with Crippen LogP contribution >= 0.6 is 11.6 Å². The van der Waals surface area contributed by atoms with Crippen LogP contribution in [0.25, 0.3) is 0 Å². The molecule has 15 heteroatoms. The largest absolute Gasteiger partial charge is 0.508 e. The van der Waals surface area contributed by atoms with E-state index in [1.54, 1.807) is 31.3 Å². The van der Waals surface area contributed by atoms with Crippen molar-refractivity contribution in [3.05, 3.63) is 59.7 Å². The summed E-state index contributed by atoms with van der Waals surface area (Å²) in [6.07, 6.45) is 4.67. The van der Waals surface area contributed by atoms with Crippen molar-refractivity contribution in [1.82, 2.24) is 25.8 Å². The minimum absolute atomic E-state index is 0.00163. The number of nitrogens with zero attached hydrogens (tertiary/aromatic N) is 2. The number of likely N-dealkylation sites (tertiary alicyclic amines) is 1. The van der Waals surface area contributed by atoms with Crippen LogP contribution in [0.5, 0.6) is 11.5 Å². The van der Waals surface area contributed by atoms with Crippen molar-refractivity contribution < 1.29 is 44.4 Å². The number of rotatable bonds is 23. The van der Waals surface area contributed by atoms with Gasteiger partial charge in [-0.25, -0.2) is 4.79 Å². The van der Waals surface area contributed by atoms with Crippen LogP contribution in [0.1, 0.15) is 82.8 Å². The van der Waals surface area contributed by atoms with E-state index >= 15 is 0 Å². The Kier molecular flexibility index (Phi) is 18.9. The van der Waals surface area contributed by atoms with Crippen LogP contribution in [-0.4, -0.2) is 123 Å². The Morgan fingerprint density at radius 1 is 0.857 bits per heavy atom. The van der Waals surface area contributed by atoms with Crippen molar-refractivity contribution in [2.75, 3.05) is 26.5 Å². The van der Waals surface area contributed by atoms with Crippen LogP contribution in [0.15, 0.2) is 48.5 Å². The highest BCUT2D eigenvalue weighted by Gasteiger charge is 2.42. The number of unbranched alkanes of at least 4 members (excludes halogenated alkanes) is 4. The van der Waals surface area contributed by atoms with Gasteiger partial charge in [0.2, 0.25) is 17.7 Å². The first-order valence-electron chi connectivity index (χ1n) is 19.5. The van der Waals surface area contributed by atoms with Crippen LogP contribution in [0, 0.1) is 5.92 Å². The molecule has 310 valence electrons. The lowest BCUT2D eigenvalue weighted by molar-refractivity contribution is -0.150. The number of aliphatic hydroxyl groups is 1. The van der Waals surface area contributed by atoms with Crippen molar-refractivity contribution in [3.8, 4) is 11.5 Å². The topological polar surface area (TPSA) is 209 Å². The zero-order chi connectivity index (χ0) is 41.4. The van der Waals surface area contributed by atoms with E-state index in [-0.39, 0.29) is 43.2 Å². The highest BCUT2D eigenvalue weighted by molar-refractivity contribution is 6.17. The molecule has 6 atom stereocenters. The number of alkyl halides is 1. The third-order valence-electron chi connectivity index (χ3n) is 10.3. The number of carboxylic acids is 1. The summed E-state index contributed by atoms with van der Waals surface area (Å²) >= 11 is 5.77. The van der Waals surface area contributed by atoms with Crippen molar-refractivity contribution in [3.63, 3.8) is 0 Å². The van der Waals surface area contributed by atoms with Gasteiger partial charge < -0.3 is 46.2 Å². The first-order chi connectivity index (χ1) is 26.7. The molecule has 0 aliphatic carbocycles. The summed E-state index contributed by atoms with van der Waals surface area (Å²) in [7, 11) is 3.14. The third-order valence-corrected chi connectivity index (χ3v) is 10.6. The molecule has 2 aromatic rings. The standard InChI is InChI=1S/C41H60ClN5O9/c1-26(2)23-35(40(54)47-22-10-12-34(47)37(51)45-33(41(55)56)25-28-15-19-30(49)20-16-28)46(4)39(53)32(24-27-13-17-29(48)18-14-27)44-38(52)36(50)31(43-3)11-8-6-5-7-9-21-42/h13-20,26,31-36,43,48-50H,5-12,21-25H2,1-4H3,(H,44,52)(H,45,51)(H,55,56). The van der Waals surface area contributed by atoms with Crippen molar-refractivity contribution >= 4 is 41.2 Å². The van der Waals surface area contributed by atoms with Gasteiger partial charge in [0.05, 0.1) is 0 Å². The highest BCUT2D eigenvalue weighted by Crippen LogP contribution is 2.24. The Bertz CT molecular complexity index is 1580. The van der Waals surface area contributed by atoms with Gasteiger partial charge in [0, 0.05) is 38.4 Å². The number of phenolic OH excluding ortho intramolecular Hbond substituents is 2. The normalized spacial score (nSPS) is 16.8. The van der Waals surface area contributed by atoms with Gasteiger partial charge >= 0.3 is 5.97 Å². The number of halogens is 1. The molecule has 1 saturated heterocycles. The Labute approximate surface area is 335 Å². The molecule has 0 radical (unpaired) electrons. The number of carboxylic acid groups (broad SMARTS) is 1. The quantitative estimate of drug-likeness (QED) is 0.0644. The molecule has 4 amide bonds.